The number of nitrogens with one attached hydrogen (secondary N) is 1. The van der Waals surface area contributed by atoms with E-state index in [1.54, 1.807) is 6.20 Å². The van der Waals surface area contributed by atoms with Crippen molar-refractivity contribution in [1.82, 2.24) is 24.6 Å². The molecule has 2 atom stereocenters. The largest absolute Gasteiger partial charge is 0.376 e. The van der Waals surface area contributed by atoms with E-state index >= 15 is 0 Å². The van der Waals surface area contributed by atoms with E-state index in [0.717, 1.165) is 49.5 Å². The lowest BCUT2D eigenvalue weighted by Crippen LogP contribution is -2.51. The molecule has 3 aromatic heterocycles. The van der Waals surface area contributed by atoms with Crippen LogP contribution in [0.5, 0.6) is 0 Å². The molecule has 3 aromatic rings. The summed E-state index contributed by atoms with van der Waals surface area (Å²) in [5.74, 6) is 6.97. The Hall–Kier alpha value is -2.34. The molecule has 0 aromatic carbocycles. The van der Waals surface area contributed by atoms with E-state index in [0.29, 0.717) is 11.3 Å². The van der Waals surface area contributed by atoms with Crippen LogP contribution >= 0.6 is 11.6 Å². The molecular weight excluding hydrogens is 402 g/mol. The number of aromatic nitrogens is 5. The molecule has 5 rings (SSSR count). The third kappa shape index (κ3) is 3.13. The Bertz CT molecular complexity index is 1160. The minimum atomic E-state index is -0.622. The van der Waals surface area contributed by atoms with Crippen molar-refractivity contribution in [1.29, 1.82) is 0 Å². The summed E-state index contributed by atoms with van der Waals surface area (Å²) in [5, 5.41) is 8.21. The van der Waals surface area contributed by atoms with Gasteiger partial charge < -0.3 is 15.4 Å². The number of H-pyrrole nitrogens is 1. The lowest BCUT2D eigenvalue weighted by Gasteiger charge is -2.41. The first kappa shape index (κ1) is 19.6. The number of ether oxygens (including phenoxy) is 1. The molecule has 2 fully saturated rings. The standard InChI is InChI=1S/C21H26ClN7O/c1-13-16(23)21(12-30-13)6-9-28(10-7-21)19-25-17-15(18-24-8-11-29(18)19)14(26-27-17)4-5-20(2,3)22/h8,11,13,16H,6-7,9-10,12,23H2,1-3H3,(H,26,27)/t13-,16+/m0/s1. The normalized spacial score (nSPS) is 24.0. The van der Waals surface area contributed by atoms with Crippen LogP contribution in [0.4, 0.5) is 5.95 Å². The van der Waals surface area contributed by atoms with Crippen LogP contribution in [0.2, 0.25) is 0 Å². The molecule has 0 saturated carbocycles. The highest BCUT2D eigenvalue weighted by atomic mass is 35.5. The molecule has 0 bridgehead atoms. The van der Waals surface area contributed by atoms with Gasteiger partial charge in [-0.25, -0.2) is 4.98 Å². The van der Waals surface area contributed by atoms with E-state index in [2.05, 4.69) is 38.8 Å². The van der Waals surface area contributed by atoms with E-state index in [1.165, 1.54) is 0 Å². The number of hydrogen-bond acceptors (Lipinski definition) is 6. The molecule has 0 aliphatic carbocycles. The number of halogens is 1. The fourth-order valence-electron chi connectivity index (χ4n) is 4.57. The van der Waals surface area contributed by atoms with Gasteiger partial charge in [0.1, 0.15) is 5.69 Å². The SMILES string of the molecule is C[C@@H]1OCC2(CCN(c3nc4n[nH]c(C#CC(C)(C)Cl)c4c4nccn34)CC2)[C@@H]1N. The lowest BCUT2D eigenvalue weighted by atomic mass is 9.73. The fourth-order valence-corrected chi connectivity index (χ4v) is 4.62. The highest BCUT2D eigenvalue weighted by Crippen LogP contribution is 2.42. The highest BCUT2D eigenvalue weighted by molar-refractivity contribution is 6.25. The Morgan fingerprint density at radius 1 is 1.37 bits per heavy atom. The molecule has 2 aliphatic heterocycles. The monoisotopic (exact) mass is 427 g/mol. The van der Waals surface area contributed by atoms with E-state index in [9.17, 15) is 0 Å². The second-order valence-electron chi connectivity index (χ2n) is 8.94. The Balaban J connectivity index is 1.50. The van der Waals surface area contributed by atoms with Gasteiger partial charge in [-0.2, -0.15) is 10.1 Å². The van der Waals surface area contributed by atoms with Gasteiger partial charge in [0.25, 0.3) is 0 Å². The van der Waals surface area contributed by atoms with Crippen molar-refractivity contribution in [2.75, 3.05) is 24.6 Å². The van der Waals surface area contributed by atoms with E-state index in [4.69, 9.17) is 27.1 Å². The van der Waals surface area contributed by atoms with Crippen molar-refractivity contribution in [3.05, 3.63) is 18.1 Å². The zero-order valence-electron chi connectivity index (χ0n) is 17.4. The Morgan fingerprint density at radius 2 is 2.13 bits per heavy atom. The average Bonchev–Trinajstić information content (AvgIpc) is 3.41. The van der Waals surface area contributed by atoms with Gasteiger partial charge in [-0.1, -0.05) is 5.92 Å². The molecule has 158 valence electrons. The highest BCUT2D eigenvalue weighted by Gasteiger charge is 2.47. The first-order valence-electron chi connectivity index (χ1n) is 10.3. The van der Waals surface area contributed by atoms with Gasteiger partial charge in [0.05, 0.1) is 23.0 Å². The van der Waals surface area contributed by atoms with Gasteiger partial charge in [0, 0.05) is 36.9 Å². The second-order valence-corrected chi connectivity index (χ2v) is 9.89. The summed E-state index contributed by atoms with van der Waals surface area (Å²) in [5.41, 5.74) is 8.61. The number of hydrogen-bond donors (Lipinski definition) is 2. The smallest absolute Gasteiger partial charge is 0.213 e. The van der Waals surface area contributed by atoms with Crippen molar-refractivity contribution in [3.63, 3.8) is 0 Å². The first-order chi connectivity index (χ1) is 14.3. The van der Waals surface area contributed by atoms with Crippen LogP contribution in [0.1, 0.15) is 39.3 Å². The van der Waals surface area contributed by atoms with Gasteiger partial charge >= 0.3 is 0 Å². The quantitative estimate of drug-likeness (QED) is 0.457. The molecule has 2 saturated heterocycles. The molecule has 8 nitrogen and oxygen atoms in total. The van der Waals surface area contributed by atoms with Crippen molar-refractivity contribution in [2.24, 2.45) is 11.1 Å². The van der Waals surface area contributed by atoms with Gasteiger partial charge in [-0.3, -0.25) is 9.50 Å². The molecule has 5 heterocycles. The Labute approximate surface area is 180 Å². The number of anilines is 1. The predicted molar refractivity (Wildman–Crippen MR) is 117 cm³/mol. The summed E-state index contributed by atoms with van der Waals surface area (Å²) in [7, 11) is 0. The van der Waals surface area contributed by atoms with E-state index in [1.807, 2.05) is 24.4 Å². The van der Waals surface area contributed by atoms with Gasteiger partial charge in [-0.15, -0.1) is 11.6 Å². The molecule has 0 radical (unpaired) electrons. The number of piperidine rings is 1. The number of nitrogens with zero attached hydrogens (tertiary/aromatic N) is 5. The lowest BCUT2D eigenvalue weighted by molar-refractivity contribution is 0.0973. The molecule has 1 spiro atoms. The maximum atomic E-state index is 6.47. The van der Waals surface area contributed by atoms with Crippen LogP contribution in [-0.2, 0) is 4.74 Å². The average molecular weight is 428 g/mol. The second kappa shape index (κ2) is 6.84. The summed E-state index contributed by atoms with van der Waals surface area (Å²) >= 11 is 6.23. The summed E-state index contributed by atoms with van der Waals surface area (Å²) in [6.07, 6.45) is 5.80. The summed E-state index contributed by atoms with van der Waals surface area (Å²) in [6, 6.07) is 0.0852. The van der Waals surface area contributed by atoms with Crippen LogP contribution < -0.4 is 10.6 Å². The summed E-state index contributed by atoms with van der Waals surface area (Å²) in [6.45, 7) is 8.26. The first-order valence-corrected chi connectivity index (χ1v) is 10.7. The number of nitrogens with two attached hydrogens (primary N) is 1. The van der Waals surface area contributed by atoms with Gasteiger partial charge in [-0.05, 0) is 39.5 Å². The van der Waals surface area contributed by atoms with Crippen LogP contribution in [0, 0.1) is 17.3 Å². The van der Waals surface area contributed by atoms with Crippen LogP contribution in [0.3, 0.4) is 0 Å². The Kier molecular flexibility index (Phi) is 4.47. The number of aromatic amines is 1. The van der Waals surface area contributed by atoms with Crippen molar-refractivity contribution in [2.45, 2.75) is 50.6 Å². The van der Waals surface area contributed by atoms with Gasteiger partial charge in [0.15, 0.2) is 11.3 Å². The van der Waals surface area contributed by atoms with E-state index in [-0.39, 0.29) is 17.6 Å². The maximum absolute atomic E-state index is 6.47. The molecule has 3 N–H and O–H groups in total. The molecule has 0 unspecified atom stereocenters. The van der Waals surface area contributed by atoms with Crippen molar-refractivity contribution < 1.29 is 4.74 Å². The number of rotatable bonds is 1. The van der Waals surface area contributed by atoms with E-state index < -0.39 is 4.87 Å². The third-order valence-electron chi connectivity index (χ3n) is 6.41. The van der Waals surface area contributed by atoms with Gasteiger partial charge in [0.2, 0.25) is 5.95 Å². The Morgan fingerprint density at radius 3 is 2.80 bits per heavy atom. The number of alkyl halides is 1. The molecular formula is C21H26ClN7O. The van der Waals surface area contributed by atoms with Crippen molar-refractivity contribution in [3.8, 4) is 11.8 Å². The minimum absolute atomic E-state index is 0.0670. The number of imidazole rings is 1. The fraction of sp³-hybridized carbons (Fsp3) is 0.571. The summed E-state index contributed by atoms with van der Waals surface area (Å²) < 4.78 is 7.87. The maximum Gasteiger partial charge on any atom is 0.213 e. The minimum Gasteiger partial charge on any atom is -0.376 e. The molecule has 2 aliphatic rings. The topological polar surface area (TPSA) is 97.4 Å². The zero-order valence-corrected chi connectivity index (χ0v) is 18.2. The summed E-state index contributed by atoms with van der Waals surface area (Å²) in [4.78, 5) is 11.1. The van der Waals surface area contributed by atoms with Crippen LogP contribution in [-0.4, -0.2) is 61.3 Å². The predicted octanol–water partition coefficient (Wildman–Crippen LogP) is 2.31. The van der Waals surface area contributed by atoms with Crippen molar-refractivity contribution >= 4 is 34.2 Å². The van der Waals surface area contributed by atoms with Crippen LogP contribution in [0.15, 0.2) is 12.4 Å². The third-order valence-corrected chi connectivity index (χ3v) is 6.50. The molecule has 9 heteroatoms. The molecule has 0 amide bonds. The molecule has 30 heavy (non-hydrogen) atoms. The van der Waals surface area contributed by atoms with Crippen LogP contribution in [0.25, 0.3) is 16.7 Å². The number of fused-ring (bicyclic) bond motifs is 3. The zero-order chi connectivity index (χ0) is 21.1.